The van der Waals surface area contributed by atoms with Crippen molar-refractivity contribution in [3.8, 4) is 0 Å². The number of aromatic nitrogens is 2. The zero-order chi connectivity index (χ0) is 21.0. The van der Waals surface area contributed by atoms with Crippen LogP contribution in [0.2, 0.25) is 0 Å². The molecule has 3 rings (SSSR count). The number of amides is 2. The average molecular weight is 395 g/mol. The molecule has 0 saturated carbocycles. The van der Waals surface area contributed by atoms with Crippen molar-refractivity contribution in [3.63, 3.8) is 0 Å². The van der Waals surface area contributed by atoms with Crippen LogP contribution in [0.15, 0.2) is 67.3 Å². The molecule has 0 aliphatic rings. The van der Waals surface area contributed by atoms with Gasteiger partial charge in [-0.3, -0.25) is 20.0 Å². The molecule has 1 aromatic heterocycles. The van der Waals surface area contributed by atoms with Gasteiger partial charge in [0, 0.05) is 0 Å². The number of carbonyl (C=O) groups is 2. The number of nitrogens with zero attached hydrogens (tertiary/aromatic N) is 4. The fourth-order valence-corrected chi connectivity index (χ4v) is 2.73. The van der Waals surface area contributed by atoms with Crippen molar-refractivity contribution in [1.29, 1.82) is 0 Å². The Bertz CT molecular complexity index is 916. The van der Waals surface area contributed by atoms with Gasteiger partial charge in [0.2, 0.25) is 6.33 Å². The molecule has 3 aromatic rings. The maximum atomic E-state index is 12.3. The molecule has 0 spiro atoms. The predicted molar refractivity (Wildman–Crippen MR) is 106 cm³/mol. The third-order valence-corrected chi connectivity index (χ3v) is 4.41. The third kappa shape index (κ3) is 5.07. The smallest absolute Gasteiger partial charge is 0.281 e. The highest BCUT2D eigenvalue weighted by Gasteiger charge is 2.20. The molecular weight excluding hydrogens is 372 g/mol. The summed E-state index contributed by atoms with van der Waals surface area (Å²) in [6, 6.07) is 13.8. The number of hydroxylamine groups is 2. The minimum atomic E-state index is -0.522. The fourth-order valence-electron chi connectivity index (χ4n) is 2.73. The molecular formula is C21H23N4O4+. The molecule has 0 saturated heterocycles. The summed E-state index contributed by atoms with van der Waals surface area (Å²) < 4.78 is 3.08. The molecule has 0 aliphatic heterocycles. The van der Waals surface area contributed by atoms with Gasteiger partial charge < -0.3 is 0 Å². The molecule has 2 aromatic carbocycles. The Hall–Kier alpha value is -3.49. The number of benzene rings is 2. The van der Waals surface area contributed by atoms with Crippen molar-refractivity contribution in [2.24, 2.45) is 0 Å². The molecule has 2 N–H and O–H groups in total. The van der Waals surface area contributed by atoms with E-state index in [0.29, 0.717) is 21.5 Å². The second kappa shape index (κ2) is 8.68. The highest BCUT2D eigenvalue weighted by Crippen LogP contribution is 2.14. The van der Waals surface area contributed by atoms with Crippen LogP contribution in [-0.2, 0) is 22.7 Å². The SMILES string of the molecule is Cc1ccc(N(O)C(=O)Cn2cc[n+](CC(=O)N(O)c3ccc(C)cc3)c2)cc1. The van der Waals surface area contributed by atoms with Crippen molar-refractivity contribution < 1.29 is 24.6 Å². The number of rotatable bonds is 6. The molecule has 8 nitrogen and oxygen atoms in total. The molecule has 150 valence electrons. The van der Waals surface area contributed by atoms with Crippen LogP contribution in [0.5, 0.6) is 0 Å². The van der Waals surface area contributed by atoms with Crippen LogP contribution in [0.4, 0.5) is 11.4 Å². The summed E-state index contributed by atoms with van der Waals surface area (Å²) in [7, 11) is 0. The minimum absolute atomic E-state index is 0.105. The quantitative estimate of drug-likeness (QED) is 0.381. The first-order valence-corrected chi connectivity index (χ1v) is 9.05. The van der Waals surface area contributed by atoms with Crippen LogP contribution >= 0.6 is 0 Å². The Balaban J connectivity index is 1.59. The zero-order valence-electron chi connectivity index (χ0n) is 16.3. The maximum absolute atomic E-state index is 12.3. The lowest BCUT2D eigenvalue weighted by Crippen LogP contribution is -2.42. The first kappa shape index (κ1) is 20.2. The second-order valence-electron chi connectivity index (χ2n) is 6.84. The van der Waals surface area contributed by atoms with Gasteiger partial charge >= 0.3 is 0 Å². The first-order valence-electron chi connectivity index (χ1n) is 9.05. The molecule has 2 amide bonds. The second-order valence-corrected chi connectivity index (χ2v) is 6.84. The normalized spacial score (nSPS) is 10.6. The molecule has 0 bridgehead atoms. The molecule has 0 fully saturated rings. The number of imidazole rings is 1. The molecule has 0 radical (unpaired) electrons. The van der Waals surface area contributed by atoms with Gasteiger partial charge in [-0.15, -0.1) is 0 Å². The Morgan fingerprint density at radius 3 is 1.86 bits per heavy atom. The number of hydrogen-bond acceptors (Lipinski definition) is 4. The van der Waals surface area contributed by atoms with E-state index >= 15 is 0 Å². The predicted octanol–water partition coefficient (Wildman–Crippen LogP) is 2.24. The van der Waals surface area contributed by atoms with Gasteiger partial charge in [0.1, 0.15) is 12.4 Å². The molecule has 0 aliphatic carbocycles. The summed E-state index contributed by atoms with van der Waals surface area (Å²) in [5.74, 6) is -1.04. The standard InChI is InChI=1S/C21H23N4O4/c1-16-3-7-18(8-4-16)24(28)20(26)13-22-11-12-23(15-22)14-21(27)25(29)19-9-5-17(2)6-10-19/h3-12,15,28-29H,13-14H2,1-2H3/q+1. The van der Waals surface area contributed by atoms with Gasteiger partial charge in [0.25, 0.3) is 11.8 Å². The summed E-state index contributed by atoms with van der Waals surface area (Å²) in [5.41, 5.74) is 2.80. The van der Waals surface area contributed by atoms with E-state index in [0.717, 1.165) is 11.1 Å². The van der Waals surface area contributed by atoms with Crippen LogP contribution in [0.25, 0.3) is 0 Å². The first-order chi connectivity index (χ1) is 13.8. The highest BCUT2D eigenvalue weighted by atomic mass is 16.5. The number of aryl methyl sites for hydroxylation is 2. The Morgan fingerprint density at radius 1 is 0.862 bits per heavy atom. The van der Waals surface area contributed by atoms with E-state index in [1.807, 2.05) is 13.8 Å². The van der Waals surface area contributed by atoms with Gasteiger partial charge in [-0.2, -0.15) is 10.1 Å². The lowest BCUT2D eigenvalue weighted by Gasteiger charge is -2.14. The summed E-state index contributed by atoms with van der Waals surface area (Å²) in [6.45, 7) is 3.62. The lowest BCUT2D eigenvalue weighted by atomic mass is 10.2. The van der Waals surface area contributed by atoms with Crippen molar-refractivity contribution in [1.82, 2.24) is 4.57 Å². The Labute approximate surface area is 168 Å². The van der Waals surface area contributed by atoms with Crippen LogP contribution < -0.4 is 14.7 Å². The van der Waals surface area contributed by atoms with E-state index < -0.39 is 11.8 Å². The monoisotopic (exact) mass is 395 g/mol. The number of carbonyl (C=O) groups excluding carboxylic acids is 2. The van der Waals surface area contributed by atoms with E-state index in [2.05, 4.69) is 0 Å². The minimum Gasteiger partial charge on any atom is -0.281 e. The average Bonchev–Trinajstić information content (AvgIpc) is 3.14. The molecule has 8 heteroatoms. The lowest BCUT2D eigenvalue weighted by molar-refractivity contribution is -0.683. The van der Waals surface area contributed by atoms with Crippen molar-refractivity contribution in [3.05, 3.63) is 78.4 Å². The van der Waals surface area contributed by atoms with Gasteiger partial charge in [-0.1, -0.05) is 35.4 Å². The molecule has 1 heterocycles. The fraction of sp³-hybridized carbons (Fsp3) is 0.190. The largest absolute Gasteiger partial charge is 0.292 e. The van der Waals surface area contributed by atoms with E-state index in [-0.39, 0.29) is 13.1 Å². The van der Waals surface area contributed by atoms with Crippen LogP contribution in [0.3, 0.4) is 0 Å². The maximum Gasteiger partial charge on any atom is 0.292 e. The zero-order valence-corrected chi connectivity index (χ0v) is 16.3. The summed E-state index contributed by atoms with van der Waals surface area (Å²) >= 11 is 0. The van der Waals surface area contributed by atoms with Crippen molar-refractivity contribution in [2.75, 3.05) is 10.1 Å². The van der Waals surface area contributed by atoms with E-state index in [1.54, 1.807) is 76.4 Å². The van der Waals surface area contributed by atoms with E-state index in [1.165, 1.54) is 0 Å². The van der Waals surface area contributed by atoms with E-state index in [4.69, 9.17) is 0 Å². The van der Waals surface area contributed by atoms with Gasteiger partial charge in [0.15, 0.2) is 13.1 Å². The van der Waals surface area contributed by atoms with Gasteiger partial charge in [0.05, 0.1) is 11.4 Å². The molecule has 29 heavy (non-hydrogen) atoms. The summed E-state index contributed by atoms with van der Waals surface area (Å²) in [6.07, 6.45) is 4.78. The van der Waals surface area contributed by atoms with Gasteiger partial charge in [-0.25, -0.2) is 9.13 Å². The summed E-state index contributed by atoms with van der Waals surface area (Å²) in [5, 5.41) is 21.4. The van der Waals surface area contributed by atoms with Crippen molar-refractivity contribution >= 4 is 23.2 Å². The highest BCUT2D eigenvalue weighted by molar-refractivity contribution is 5.91. The Kier molecular flexibility index (Phi) is 6.06. The van der Waals surface area contributed by atoms with Crippen LogP contribution in [0, 0.1) is 13.8 Å². The van der Waals surface area contributed by atoms with Crippen LogP contribution in [0.1, 0.15) is 11.1 Å². The molecule has 0 atom stereocenters. The summed E-state index contributed by atoms with van der Waals surface area (Å²) in [4.78, 5) is 24.6. The Morgan fingerprint density at radius 2 is 1.34 bits per heavy atom. The van der Waals surface area contributed by atoms with Crippen LogP contribution in [-0.4, -0.2) is 26.8 Å². The number of hydrogen-bond donors (Lipinski definition) is 2. The topological polar surface area (TPSA) is 89.9 Å². The van der Waals surface area contributed by atoms with Crippen molar-refractivity contribution in [2.45, 2.75) is 26.9 Å². The molecule has 0 unspecified atom stereocenters. The number of anilines is 2. The van der Waals surface area contributed by atoms with E-state index in [9.17, 15) is 20.0 Å². The van der Waals surface area contributed by atoms with Gasteiger partial charge in [-0.05, 0) is 38.1 Å². The third-order valence-electron chi connectivity index (χ3n) is 4.41.